The molecule has 3 aromatic rings. The smallest absolute Gasteiger partial charge is 0.167 e. The molecule has 1 saturated heterocycles. The first-order valence-corrected chi connectivity index (χ1v) is 11.4. The lowest BCUT2D eigenvalue weighted by Crippen LogP contribution is -2.45. The van der Waals surface area contributed by atoms with E-state index in [1.165, 1.54) is 16.7 Å². The second kappa shape index (κ2) is 7.41. The third-order valence-corrected chi connectivity index (χ3v) is 7.10. The number of hydrogen-bond donors (Lipinski definition) is 1. The highest BCUT2D eigenvalue weighted by Crippen LogP contribution is 2.46. The normalized spacial score (nSPS) is 22.5. The van der Waals surface area contributed by atoms with Crippen molar-refractivity contribution in [3.8, 4) is 5.69 Å². The van der Waals surface area contributed by atoms with Gasteiger partial charge in [-0.05, 0) is 67.9 Å². The third-order valence-electron chi connectivity index (χ3n) is 6.87. The van der Waals surface area contributed by atoms with Crippen molar-refractivity contribution in [2.45, 2.75) is 44.1 Å². The van der Waals surface area contributed by atoms with E-state index >= 15 is 0 Å². The van der Waals surface area contributed by atoms with Crippen LogP contribution >= 0.6 is 11.6 Å². The maximum Gasteiger partial charge on any atom is 0.167 e. The van der Waals surface area contributed by atoms with Crippen molar-refractivity contribution in [1.29, 1.82) is 0 Å². The van der Waals surface area contributed by atoms with Gasteiger partial charge in [0, 0.05) is 18.0 Å². The summed E-state index contributed by atoms with van der Waals surface area (Å²) in [5.74, 6) is 1.83. The molecule has 0 radical (unpaired) electrons. The van der Waals surface area contributed by atoms with E-state index in [-0.39, 0.29) is 11.7 Å². The van der Waals surface area contributed by atoms with Crippen LogP contribution < -0.4 is 5.32 Å². The molecular formula is C24H26ClN5O. The van der Waals surface area contributed by atoms with Crippen LogP contribution in [0.3, 0.4) is 0 Å². The molecule has 3 aliphatic heterocycles. The number of nitrogens with zero attached hydrogens (tertiary/aromatic N) is 4. The zero-order valence-corrected chi connectivity index (χ0v) is 18.4. The number of halogens is 1. The summed E-state index contributed by atoms with van der Waals surface area (Å²) < 4.78 is 9.17. The van der Waals surface area contributed by atoms with Crippen molar-refractivity contribution in [3.05, 3.63) is 75.8 Å². The Morgan fingerprint density at radius 2 is 1.90 bits per heavy atom. The minimum Gasteiger partial charge on any atom is -0.359 e. The second-order valence-corrected chi connectivity index (χ2v) is 9.40. The second-order valence-electron chi connectivity index (χ2n) is 8.97. The Bertz CT molecular complexity index is 1140. The van der Waals surface area contributed by atoms with Crippen LogP contribution in [0.1, 0.15) is 47.3 Å². The van der Waals surface area contributed by atoms with Crippen molar-refractivity contribution in [2.75, 3.05) is 20.1 Å². The zero-order valence-electron chi connectivity index (χ0n) is 17.6. The Hall–Kier alpha value is -2.25. The standard InChI is InChI=1S/C24H26ClN5O/c1-29-14-17-12-18(25)6-7-20(17)30-22(15-29)27-28-23(30)21-13-16-4-2-3-5-19(16)24(31-21)8-10-26-11-9-24/h2-7,12,21,26H,8-11,13-15H2,1H3/t21-/m1/s1. The van der Waals surface area contributed by atoms with Gasteiger partial charge in [0.05, 0.1) is 17.8 Å². The van der Waals surface area contributed by atoms with Crippen LogP contribution in [-0.4, -0.2) is 39.8 Å². The number of rotatable bonds is 1. The van der Waals surface area contributed by atoms with Crippen molar-refractivity contribution >= 4 is 11.6 Å². The third kappa shape index (κ3) is 3.21. The highest BCUT2D eigenvalue weighted by atomic mass is 35.5. The maximum atomic E-state index is 6.96. The topological polar surface area (TPSA) is 55.2 Å². The number of benzene rings is 2. The lowest BCUT2D eigenvalue weighted by atomic mass is 9.78. The average Bonchev–Trinajstić information content (AvgIpc) is 3.11. The molecule has 0 amide bonds. The van der Waals surface area contributed by atoms with Gasteiger partial charge >= 0.3 is 0 Å². The lowest BCUT2D eigenvalue weighted by Gasteiger charge is -2.45. The molecule has 0 bridgehead atoms. The molecule has 0 saturated carbocycles. The van der Waals surface area contributed by atoms with Crippen LogP contribution in [0.15, 0.2) is 42.5 Å². The van der Waals surface area contributed by atoms with E-state index in [1.54, 1.807) is 0 Å². The molecule has 4 heterocycles. The first-order chi connectivity index (χ1) is 15.1. The van der Waals surface area contributed by atoms with E-state index in [1.807, 2.05) is 6.07 Å². The molecule has 160 valence electrons. The largest absolute Gasteiger partial charge is 0.359 e. The first-order valence-electron chi connectivity index (χ1n) is 11.0. The van der Waals surface area contributed by atoms with Gasteiger partial charge < -0.3 is 10.1 Å². The van der Waals surface area contributed by atoms with Crippen LogP contribution in [0.4, 0.5) is 0 Å². The van der Waals surface area contributed by atoms with Crippen molar-refractivity contribution in [2.24, 2.45) is 0 Å². The van der Waals surface area contributed by atoms with Gasteiger partial charge in [-0.2, -0.15) is 0 Å². The minimum atomic E-state index is -0.262. The number of ether oxygens (including phenoxy) is 1. The van der Waals surface area contributed by atoms with Crippen molar-refractivity contribution in [3.63, 3.8) is 0 Å². The van der Waals surface area contributed by atoms with Gasteiger partial charge in [0.2, 0.25) is 0 Å². The number of piperidine rings is 1. The Labute approximate surface area is 187 Å². The van der Waals surface area contributed by atoms with Gasteiger partial charge in [0.1, 0.15) is 6.10 Å². The Kier molecular flexibility index (Phi) is 4.65. The van der Waals surface area contributed by atoms with Gasteiger partial charge in [-0.25, -0.2) is 0 Å². The molecule has 0 aliphatic carbocycles. The highest BCUT2D eigenvalue weighted by molar-refractivity contribution is 6.30. The summed E-state index contributed by atoms with van der Waals surface area (Å²) in [6.07, 6.45) is 2.61. The van der Waals surface area contributed by atoms with Gasteiger partial charge in [-0.15, -0.1) is 10.2 Å². The summed E-state index contributed by atoms with van der Waals surface area (Å²) >= 11 is 6.33. The monoisotopic (exact) mass is 435 g/mol. The molecule has 7 heteroatoms. The average molecular weight is 436 g/mol. The van der Waals surface area contributed by atoms with Gasteiger partial charge in [-0.1, -0.05) is 35.9 Å². The fraction of sp³-hybridized carbons (Fsp3) is 0.417. The van der Waals surface area contributed by atoms with E-state index in [0.29, 0.717) is 0 Å². The summed E-state index contributed by atoms with van der Waals surface area (Å²) in [4.78, 5) is 2.25. The summed E-state index contributed by atoms with van der Waals surface area (Å²) in [5, 5.41) is 13.5. The van der Waals surface area contributed by atoms with Gasteiger partial charge in [0.15, 0.2) is 11.6 Å². The Morgan fingerprint density at radius 3 is 2.77 bits per heavy atom. The van der Waals surface area contributed by atoms with Crippen LogP contribution in [0, 0.1) is 0 Å². The molecule has 1 fully saturated rings. The van der Waals surface area contributed by atoms with E-state index < -0.39 is 0 Å². The predicted molar refractivity (Wildman–Crippen MR) is 119 cm³/mol. The number of hydrogen-bond acceptors (Lipinski definition) is 5. The first kappa shape index (κ1) is 19.4. The molecule has 1 spiro atoms. The fourth-order valence-electron chi connectivity index (χ4n) is 5.47. The summed E-state index contributed by atoms with van der Waals surface area (Å²) in [6, 6.07) is 14.8. The molecule has 2 aromatic carbocycles. The molecule has 0 unspecified atom stereocenters. The predicted octanol–water partition coefficient (Wildman–Crippen LogP) is 3.76. The lowest BCUT2D eigenvalue weighted by molar-refractivity contribution is -0.132. The Morgan fingerprint density at radius 1 is 1.06 bits per heavy atom. The molecule has 31 heavy (non-hydrogen) atoms. The molecule has 6 nitrogen and oxygen atoms in total. The Balaban J connectivity index is 1.48. The zero-order chi connectivity index (χ0) is 21.0. The summed E-state index contributed by atoms with van der Waals surface area (Å²) in [7, 11) is 2.10. The minimum absolute atomic E-state index is 0.138. The van der Waals surface area contributed by atoms with Crippen molar-refractivity contribution < 1.29 is 4.74 Å². The van der Waals surface area contributed by atoms with E-state index in [2.05, 4.69) is 68.4 Å². The van der Waals surface area contributed by atoms with Gasteiger partial charge in [-0.3, -0.25) is 9.47 Å². The highest BCUT2D eigenvalue weighted by Gasteiger charge is 2.44. The molecular weight excluding hydrogens is 410 g/mol. The molecule has 1 atom stereocenters. The quantitative estimate of drug-likeness (QED) is 0.630. The van der Waals surface area contributed by atoms with E-state index in [0.717, 1.165) is 67.8 Å². The maximum absolute atomic E-state index is 6.96. The molecule has 1 aromatic heterocycles. The number of nitrogens with one attached hydrogen (secondary N) is 1. The van der Waals surface area contributed by atoms with Gasteiger partial charge in [0.25, 0.3) is 0 Å². The fourth-order valence-corrected chi connectivity index (χ4v) is 5.67. The van der Waals surface area contributed by atoms with E-state index in [4.69, 9.17) is 16.3 Å². The van der Waals surface area contributed by atoms with Crippen molar-refractivity contribution in [1.82, 2.24) is 25.0 Å². The van der Waals surface area contributed by atoms with E-state index in [9.17, 15) is 0 Å². The SMILES string of the molecule is CN1Cc2cc(Cl)ccc2-n2c(nnc2[C@H]2Cc3ccccc3C3(CCNCC3)O2)C1. The molecule has 1 N–H and O–H groups in total. The number of aromatic nitrogens is 3. The molecule has 3 aliphatic rings. The van der Waals surface area contributed by atoms with Crippen LogP contribution in [0.2, 0.25) is 5.02 Å². The summed E-state index contributed by atoms with van der Waals surface area (Å²) in [5.41, 5.74) is 4.73. The van der Waals surface area contributed by atoms with Crippen LogP contribution in [0.25, 0.3) is 5.69 Å². The summed E-state index contributed by atoms with van der Waals surface area (Å²) in [6.45, 7) is 3.48. The number of fused-ring (bicyclic) bond motifs is 5. The van der Waals surface area contributed by atoms with Crippen LogP contribution in [-0.2, 0) is 29.8 Å². The van der Waals surface area contributed by atoms with Crippen LogP contribution in [0.5, 0.6) is 0 Å². The molecule has 6 rings (SSSR count).